The summed E-state index contributed by atoms with van der Waals surface area (Å²) in [5, 5.41) is -0.686. The first-order chi connectivity index (χ1) is 16.5. The minimum absolute atomic E-state index is 0.357. The highest BCUT2D eigenvalue weighted by Crippen LogP contribution is 2.38. The second-order valence-corrected chi connectivity index (χ2v) is 9.94. The van der Waals surface area contributed by atoms with Gasteiger partial charge in [0.15, 0.2) is 0 Å². The summed E-state index contributed by atoms with van der Waals surface area (Å²) in [4.78, 5) is 16.5. The van der Waals surface area contributed by atoms with E-state index in [2.05, 4.69) is 4.98 Å². The maximum atomic E-state index is 13.7. The summed E-state index contributed by atoms with van der Waals surface area (Å²) in [5.41, 5.74) is -1.29. The molecule has 0 aliphatic heterocycles. The van der Waals surface area contributed by atoms with Gasteiger partial charge >= 0.3 is 6.18 Å². The summed E-state index contributed by atoms with van der Waals surface area (Å²) in [7, 11) is -3.90. The molecular weight excluding hydrogens is 485 g/mol. The van der Waals surface area contributed by atoms with Gasteiger partial charge in [0.2, 0.25) is 10.0 Å². The largest absolute Gasteiger partial charge is 0.484 e. The summed E-state index contributed by atoms with van der Waals surface area (Å²) < 4.78 is 78.1. The van der Waals surface area contributed by atoms with Crippen molar-refractivity contribution < 1.29 is 35.9 Å². The van der Waals surface area contributed by atoms with Crippen LogP contribution in [0.1, 0.15) is 47.5 Å². The molecule has 1 aromatic heterocycles. The summed E-state index contributed by atoms with van der Waals surface area (Å²) in [5.74, 6) is -0.592. The number of alkyl halides is 3. The number of carbonyl (C=O) groups is 1. The lowest BCUT2D eigenvalue weighted by Gasteiger charge is -2.19. The van der Waals surface area contributed by atoms with Crippen LogP contribution in [0.15, 0.2) is 66.9 Å². The number of sulfonamides is 1. The highest BCUT2D eigenvalue weighted by atomic mass is 32.2. The van der Waals surface area contributed by atoms with E-state index in [1.807, 2.05) is 22.9 Å². The van der Waals surface area contributed by atoms with Crippen molar-refractivity contribution in [3.63, 3.8) is 0 Å². The minimum atomic E-state index is -4.85. The molecule has 1 unspecified atom stereocenters. The number of para-hydroxylation sites is 1. The van der Waals surface area contributed by atoms with Crippen LogP contribution in [0.4, 0.5) is 13.2 Å². The predicted octanol–water partition coefficient (Wildman–Crippen LogP) is 5.25. The Bertz CT molecular complexity index is 1310. The molecule has 1 fully saturated rings. The van der Waals surface area contributed by atoms with Gasteiger partial charge in [-0.25, -0.2) is 13.1 Å². The maximum Gasteiger partial charge on any atom is 0.419 e. The van der Waals surface area contributed by atoms with Gasteiger partial charge in [0.05, 0.1) is 22.7 Å². The zero-order chi connectivity index (χ0) is 25.2. The molecule has 0 bridgehead atoms. The van der Waals surface area contributed by atoms with Crippen LogP contribution in [-0.2, 0) is 16.2 Å². The van der Waals surface area contributed by atoms with Gasteiger partial charge in [-0.1, -0.05) is 18.2 Å². The number of ether oxygens (including phenoxy) is 2. The molecule has 1 heterocycles. The smallest absolute Gasteiger partial charge is 0.419 e. The van der Waals surface area contributed by atoms with Crippen molar-refractivity contribution in [3.05, 3.63) is 83.7 Å². The number of hydrogen-bond acceptors (Lipinski definition) is 6. The number of aromatic nitrogens is 1. The van der Waals surface area contributed by atoms with E-state index in [4.69, 9.17) is 9.47 Å². The zero-order valence-electron chi connectivity index (χ0n) is 18.5. The topological polar surface area (TPSA) is 94.6 Å². The Balaban J connectivity index is 1.50. The molecule has 2 aromatic carbocycles. The molecule has 35 heavy (non-hydrogen) atoms. The predicted molar refractivity (Wildman–Crippen MR) is 121 cm³/mol. The van der Waals surface area contributed by atoms with Gasteiger partial charge in [0, 0.05) is 5.56 Å². The van der Waals surface area contributed by atoms with Crippen LogP contribution in [0.25, 0.3) is 0 Å². The molecule has 3 aromatic rings. The Labute approximate surface area is 200 Å². The second kappa shape index (κ2) is 9.57. The van der Waals surface area contributed by atoms with E-state index in [1.165, 1.54) is 13.1 Å². The van der Waals surface area contributed by atoms with Crippen LogP contribution < -0.4 is 14.2 Å². The third-order valence-electron chi connectivity index (χ3n) is 5.20. The molecule has 1 atom stereocenters. The zero-order valence-corrected chi connectivity index (χ0v) is 19.3. The first kappa shape index (κ1) is 24.5. The lowest BCUT2D eigenvalue weighted by molar-refractivity contribution is -0.139. The number of pyridine rings is 1. The lowest BCUT2D eigenvalue weighted by Crippen LogP contribution is -2.33. The lowest BCUT2D eigenvalue weighted by atomic mass is 10.1. The summed E-state index contributed by atoms with van der Waals surface area (Å²) in [6, 6.07) is 14.8. The summed E-state index contributed by atoms with van der Waals surface area (Å²) in [6.07, 6.45) is -3.46. The number of nitrogens with zero attached hydrogens (tertiary/aromatic N) is 1. The van der Waals surface area contributed by atoms with Crippen LogP contribution in [-0.4, -0.2) is 24.6 Å². The Hall–Kier alpha value is -3.60. The van der Waals surface area contributed by atoms with Crippen molar-refractivity contribution in [1.82, 2.24) is 9.71 Å². The fourth-order valence-corrected chi connectivity index (χ4v) is 4.51. The van der Waals surface area contributed by atoms with Crippen LogP contribution in [0.2, 0.25) is 0 Å². The van der Waals surface area contributed by atoms with Gasteiger partial charge in [-0.3, -0.25) is 9.78 Å². The number of amides is 1. The highest BCUT2D eigenvalue weighted by Gasteiger charge is 2.38. The van der Waals surface area contributed by atoms with E-state index in [0.717, 1.165) is 12.1 Å². The Kier molecular flexibility index (Phi) is 6.70. The molecule has 0 saturated heterocycles. The summed E-state index contributed by atoms with van der Waals surface area (Å²) in [6.45, 7) is 1.53. The maximum absolute atomic E-state index is 13.7. The molecule has 1 aliphatic rings. The van der Waals surface area contributed by atoms with Gasteiger partial charge in [-0.05, 0) is 62.2 Å². The molecule has 0 radical (unpaired) electrons. The van der Waals surface area contributed by atoms with Gasteiger partial charge in [0.1, 0.15) is 23.4 Å². The van der Waals surface area contributed by atoms with Crippen molar-refractivity contribution in [2.45, 2.75) is 37.3 Å². The van der Waals surface area contributed by atoms with Crippen molar-refractivity contribution >= 4 is 15.9 Å². The van der Waals surface area contributed by atoms with E-state index >= 15 is 0 Å². The molecule has 1 amide bonds. The van der Waals surface area contributed by atoms with E-state index in [1.54, 1.807) is 24.3 Å². The van der Waals surface area contributed by atoms with E-state index in [9.17, 15) is 26.4 Å². The van der Waals surface area contributed by atoms with E-state index in [0.29, 0.717) is 36.1 Å². The first-order valence-electron chi connectivity index (χ1n) is 10.7. The summed E-state index contributed by atoms with van der Waals surface area (Å²) >= 11 is 0. The van der Waals surface area contributed by atoms with Gasteiger partial charge < -0.3 is 9.47 Å². The quantitative estimate of drug-likeness (QED) is 0.448. The average Bonchev–Trinajstić information content (AvgIpc) is 3.66. The molecule has 1 aliphatic carbocycles. The third kappa shape index (κ3) is 6.10. The van der Waals surface area contributed by atoms with Gasteiger partial charge in [-0.15, -0.1) is 0 Å². The van der Waals surface area contributed by atoms with Crippen molar-refractivity contribution in [2.24, 2.45) is 0 Å². The Morgan fingerprint density at radius 1 is 1.06 bits per heavy atom. The monoisotopic (exact) mass is 506 g/mol. The van der Waals surface area contributed by atoms with Gasteiger partial charge in [-0.2, -0.15) is 13.2 Å². The molecule has 11 heteroatoms. The molecule has 1 saturated carbocycles. The Morgan fingerprint density at radius 3 is 2.37 bits per heavy atom. The van der Waals surface area contributed by atoms with Crippen LogP contribution in [0.5, 0.6) is 17.2 Å². The fourth-order valence-electron chi connectivity index (χ4n) is 3.21. The van der Waals surface area contributed by atoms with Crippen molar-refractivity contribution in [1.29, 1.82) is 0 Å². The van der Waals surface area contributed by atoms with E-state index in [-0.39, 0.29) is 0 Å². The molecule has 0 spiro atoms. The number of benzene rings is 2. The number of rotatable bonds is 8. The number of nitrogens with one attached hydrogen (secondary N) is 1. The van der Waals surface area contributed by atoms with E-state index < -0.39 is 50.3 Å². The third-order valence-corrected chi connectivity index (χ3v) is 7.02. The molecular formula is C24H21F3N2O5S. The van der Waals surface area contributed by atoms with Crippen LogP contribution >= 0.6 is 0 Å². The molecule has 7 nitrogen and oxygen atoms in total. The number of halogens is 3. The normalized spacial score (nSPS) is 14.7. The fraction of sp³-hybridized carbons (Fsp3) is 0.250. The minimum Gasteiger partial charge on any atom is -0.484 e. The second-order valence-electron chi connectivity index (χ2n) is 7.98. The Morgan fingerprint density at radius 2 is 1.77 bits per heavy atom. The number of hydrogen-bond donors (Lipinski definition) is 1. The highest BCUT2D eigenvalue weighted by molar-refractivity contribution is 7.91. The van der Waals surface area contributed by atoms with Crippen LogP contribution in [0, 0.1) is 0 Å². The molecule has 4 rings (SSSR count). The molecule has 1 N–H and O–H groups in total. The first-order valence-corrected chi connectivity index (χ1v) is 12.2. The van der Waals surface area contributed by atoms with Crippen molar-refractivity contribution in [3.8, 4) is 17.2 Å². The van der Waals surface area contributed by atoms with Crippen molar-refractivity contribution in [2.75, 3.05) is 0 Å². The van der Waals surface area contributed by atoms with Crippen LogP contribution in [0.3, 0.4) is 0 Å². The standard InChI is InChI=1S/C24H21F3N2O5S/c1-15(21-11-8-18(14-28-21)34-17-5-3-2-4-6-17)33-22-12-7-16(13-20(22)24(25,26)27)23(30)29-35(31,32)19-9-10-19/h2-8,11-15,19H,9-10H2,1H3,(H,29,30). The SMILES string of the molecule is CC(Oc1ccc(C(=O)NS(=O)(=O)C2CC2)cc1C(F)(F)F)c1ccc(Oc2ccccc2)cn1. The molecule has 184 valence electrons. The van der Waals surface area contributed by atoms with Gasteiger partial charge in [0.25, 0.3) is 5.91 Å². The number of carbonyl (C=O) groups excluding carboxylic acids is 1. The average molecular weight is 507 g/mol.